The molecule has 2 aromatic heterocycles. The number of ether oxygens (including phenoxy) is 2. The van der Waals surface area contributed by atoms with Crippen molar-refractivity contribution in [3.05, 3.63) is 55.2 Å². The molecule has 0 spiro atoms. The zero-order valence-corrected chi connectivity index (χ0v) is 19.5. The summed E-state index contributed by atoms with van der Waals surface area (Å²) < 4.78 is 13.2. The van der Waals surface area contributed by atoms with Gasteiger partial charge in [0, 0.05) is 30.9 Å². The number of hydrogen-bond donors (Lipinski definition) is 0. The molecule has 0 unspecified atom stereocenters. The zero-order chi connectivity index (χ0) is 23.3. The molecule has 1 saturated heterocycles. The smallest absolute Gasteiger partial charge is 0.410 e. The second kappa shape index (κ2) is 10.0. The molecule has 0 aliphatic carbocycles. The first kappa shape index (κ1) is 22.8. The predicted octanol–water partition coefficient (Wildman–Crippen LogP) is 4.75. The third-order valence-corrected chi connectivity index (χ3v) is 5.59. The number of hydrogen-bond acceptors (Lipinski definition) is 6. The molecule has 8 nitrogen and oxygen atoms in total. The Morgan fingerprint density at radius 1 is 1.09 bits per heavy atom. The van der Waals surface area contributed by atoms with Gasteiger partial charge in [-0.2, -0.15) is 0 Å². The maximum absolute atomic E-state index is 12.2. The maximum atomic E-state index is 12.2. The van der Waals surface area contributed by atoms with Crippen molar-refractivity contribution in [1.29, 1.82) is 0 Å². The minimum atomic E-state index is -0.460. The monoisotopic (exact) mass is 449 g/mol. The normalized spacial score (nSPS) is 14.8. The summed E-state index contributed by atoms with van der Waals surface area (Å²) >= 11 is 0. The number of likely N-dealkylation sites (tertiary alicyclic amines) is 1. The van der Waals surface area contributed by atoms with Gasteiger partial charge >= 0.3 is 6.09 Å². The summed E-state index contributed by atoms with van der Waals surface area (Å²) in [5, 5.41) is 0. The first-order valence-corrected chi connectivity index (χ1v) is 11.4. The number of carbonyl (C=O) groups is 1. The molecule has 0 radical (unpaired) electrons. The van der Waals surface area contributed by atoms with E-state index in [9.17, 15) is 4.79 Å². The number of piperidine rings is 1. The molecule has 0 N–H and O–H groups in total. The van der Waals surface area contributed by atoms with Crippen LogP contribution in [0.25, 0.3) is 17.1 Å². The van der Waals surface area contributed by atoms with Crippen molar-refractivity contribution in [2.45, 2.75) is 45.6 Å². The quantitative estimate of drug-likeness (QED) is 0.540. The summed E-state index contributed by atoms with van der Waals surface area (Å²) in [7, 11) is 0. The maximum Gasteiger partial charge on any atom is 0.410 e. The van der Waals surface area contributed by atoms with Crippen LogP contribution in [0.15, 0.2) is 55.2 Å². The third kappa shape index (κ3) is 6.31. The van der Waals surface area contributed by atoms with Crippen molar-refractivity contribution in [1.82, 2.24) is 24.4 Å². The van der Waals surface area contributed by atoms with Crippen molar-refractivity contribution >= 4 is 6.09 Å². The van der Waals surface area contributed by atoms with Gasteiger partial charge in [0.2, 0.25) is 5.88 Å². The predicted molar refractivity (Wildman–Crippen MR) is 125 cm³/mol. The highest BCUT2D eigenvalue weighted by Gasteiger charge is 2.26. The Morgan fingerprint density at radius 3 is 2.58 bits per heavy atom. The molecule has 1 amide bonds. The highest BCUT2D eigenvalue weighted by atomic mass is 16.6. The van der Waals surface area contributed by atoms with Gasteiger partial charge in [-0.05, 0) is 46.0 Å². The van der Waals surface area contributed by atoms with Crippen LogP contribution in [0.3, 0.4) is 0 Å². The van der Waals surface area contributed by atoms with Gasteiger partial charge in [-0.15, -0.1) is 0 Å². The van der Waals surface area contributed by atoms with Crippen LogP contribution in [-0.2, 0) is 4.74 Å². The second-order valence-electron chi connectivity index (χ2n) is 9.29. The topological polar surface area (TPSA) is 82.4 Å². The standard InChI is InChI=1S/C25H31N5O3/c1-25(2,3)33-24(31)29-12-9-19(10-13-29)11-14-32-23-15-22(26-17-27-23)30-16-21(28-18-30)20-7-5-4-6-8-20/h4-8,15-19H,9-14H2,1-3H3. The van der Waals surface area contributed by atoms with Gasteiger partial charge in [-0.1, -0.05) is 30.3 Å². The molecular formula is C25H31N5O3. The SMILES string of the molecule is CC(C)(C)OC(=O)N1CCC(CCOc2cc(-n3cnc(-c4ccccc4)c3)ncn2)CC1. The Labute approximate surface area is 194 Å². The van der Waals surface area contributed by atoms with Crippen molar-refractivity contribution < 1.29 is 14.3 Å². The van der Waals surface area contributed by atoms with Crippen molar-refractivity contribution in [2.75, 3.05) is 19.7 Å². The number of imidazole rings is 1. The Hall–Kier alpha value is -3.42. The highest BCUT2D eigenvalue weighted by molar-refractivity contribution is 5.68. The summed E-state index contributed by atoms with van der Waals surface area (Å²) in [6, 6.07) is 11.8. The molecule has 174 valence electrons. The van der Waals surface area contributed by atoms with Crippen LogP contribution in [-0.4, -0.2) is 55.8 Å². The van der Waals surface area contributed by atoms with Crippen LogP contribution in [0.2, 0.25) is 0 Å². The van der Waals surface area contributed by atoms with Crippen molar-refractivity contribution in [2.24, 2.45) is 5.92 Å². The van der Waals surface area contributed by atoms with E-state index in [0.29, 0.717) is 24.2 Å². The van der Waals surface area contributed by atoms with E-state index in [0.717, 1.165) is 43.6 Å². The average Bonchev–Trinajstić information content (AvgIpc) is 3.30. The molecular weight excluding hydrogens is 418 g/mol. The molecule has 1 aliphatic heterocycles. The number of rotatable bonds is 6. The van der Waals surface area contributed by atoms with Crippen LogP contribution < -0.4 is 4.74 Å². The lowest BCUT2D eigenvalue weighted by Gasteiger charge is -2.33. The lowest BCUT2D eigenvalue weighted by Crippen LogP contribution is -2.41. The van der Waals surface area contributed by atoms with E-state index in [-0.39, 0.29) is 6.09 Å². The fourth-order valence-corrected chi connectivity index (χ4v) is 3.82. The molecule has 1 aliphatic rings. The fourth-order valence-electron chi connectivity index (χ4n) is 3.82. The van der Waals surface area contributed by atoms with Gasteiger partial charge in [0.25, 0.3) is 0 Å². The van der Waals surface area contributed by atoms with Crippen molar-refractivity contribution in [3.63, 3.8) is 0 Å². The molecule has 1 aromatic carbocycles. The number of benzene rings is 1. The van der Waals surface area contributed by atoms with Crippen LogP contribution in [0.1, 0.15) is 40.0 Å². The van der Waals surface area contributed by atoms with Gasteiger partial charge in [0.15, 0.2) is 0 Å². The van der Waals surface area contributed by atoms with Gasteiger partial charge in [-0.25, -0.2) is 19.7 Å². The largest absolute Gasteiger partial charge is 0.478 e. The van der Waals surface area contributed by atoms with Crippen LogP contribution in [0.4, 0.5) is 4.79 Å². The molecule has 33 heavy (non-hydrogen) atoms. The second-order valence-corrected chi connectivity index (χ2v) is 9.29. The van der Waals surface area contributed by atoms with Gasteiger partial charge in [0.1, 0.15) is 24.1 Å². The van der Waals surface area contributed by atoms with E-state index in [1.165, 1.54) is 6.33 Å². The first-order chi connectivity index (χ1) is 15.9. The summed E-state index contributed by atoms with van der Waals surface area (Å²) in [6.45, 7) is 7.70. The van der Waals surface area contributed by atoms with E-state index in [2.05, 4.69) is 15.0 Å². The summed E-state index contributed by atoms with van der Waals surface area (Å²) in [5.41, 5.74) is 1.48. The molecule has 0 atom stereocenters. The average molecular weight is 450 g/mol. The molecule has 0 bridgehead atoms. The Kier molecular flexibility index (Phi) is 6.91. The number of carbonyl (C=O) groups excluding carboxylic acids is 1. The van der Waals surface area contributed by atoms with E-state index < -0.39 is 5.60 Å². The van der Waals surface area contributed by atoms with Gasteiger partial charge < -0.3 is 14.4 Å². The van der Waals surface area contributed by atoms with E-state index >= 15 is 0 Å². The van der Waals surface area contributed by atoms with E-state index in [1.54, 1.807) is 11.2 Å². The molecule has 0 saturated carbocycles. The number of aromatic nitrogens is 4. The van der Waals surface area contributed by atoms with Gasteiger partial charge in [-0.3, -0.25) is 4.57 Å². The Balaban J connectivity index is 1.26. The van der Waals surface area contributed by atoms with Gasteiger partial charge in [0.05, 0.1) is 12.3 Å². The van der Waals surface area contributed by atoms with E-state index in [1.807, 2.05) is 67.9 Å². The molecule has 3 heterocycles. The summed E-state index contributed by atoms with van der Waals surface area (Å²) in [6.07, 6.45) is 7.80. The van der Waals surface area contributed by atoms with Crippen LogP contribution in [0.5, 0.6) is 5.88 Å². The Morgan fingerprint density at radius 2 is 1.85 bits per heavy atom. The fraction of sp³-hybridized carbons (Fsp3) is 0.440. The summed E-state index contributed by atoms with van der Waals surface area (Å²) in [5.74, 6) is 1.77. The lowest BCUT2D eigenvalue weighted by molar-refractivity contribution is 0.0177. The van der Waals surface area contributed by atoms with Crippen LogP contribution >= 0.6 is 0 Å². The minimum Gasteiger partial charge on any atom is -0.478 e. The first-order valence-electron chi connectivity index (χ1n) is 11.4. The highest BCUT2D eigenvalue weighted by Crippen LogP contribution is 2.23. The minimum absolute atomic E-state index is 0.222. The van der Waals surface area contributed by atoms with Crippen molar-refractivity contribution in [3.8, 4) is 23.0 Å². The number of amides is 1. The Bertz CT molecular complexity index is 1050. The van der Waals surface area contributed by atoms with Crippen LogP contribution in [0, 0.1) is 5.92 Å². The number of nitrogens with zero attached hydrogens (tertiary/aromatic N) is 5. The third-order valence-electron chi connectivity index (χ3n) is 5.59. The molecule has 1 fully saturated rings. The molecule has 8 heteroatoms. The molecule has 3 aromatic rings. The summed E-state index contributed by atoms with van der Waals surface area (Å²) in [4.78, 5) is 27.1. The zero-order valence-electron chi connectivity index (χ0n) is 19.5. The lowest BCUT2D eigenvalue weighted by atomic mass is 9.94. The molecule has 4 rings (SSSR count). The van der Waals surface area contributed by atoms with E-state index in [4.69, 9.17) is 9.47 Å².